The molecule has 1 saturated heterocycles. The summed E-state index contributed by atoms with van der Waals surface area (Å²) in [6.07, 6.45) is 6.02. The van der Waals surface area contributed by atoms with Crippen molar-refractivity contribution in [3.05, 3.63) is 51.7 Å². The molecule has 0 bridgehead atoms. The summed E-state index contributed by atoms with van der Waals surface area (Å²) in [7, 11) is -3.87. The zero-order valence-corrected chi connectivity index (χ0v) is 19.6. The smallest absolute Gasteiger partial charge is 0.266 e. The number of carbonyl (C=O) groups excluding carboxylic acids is 1. The molecule has 174 valence electrons. The molecular formula is C23H23F2N3O3S2. The second kappa shape index (κ2) is 6.93. The van der Waals surface area contributed by atoms with Crippen LogP contribution in [0.1, 0.15) is 53.0 Å². The highest BCUT2D eigenvalue weighted by atomic mass is 32.2. The summed E-state index contributed by atoms with van der Waals surface area (Å²) >= 11 is 1.15. The highest BCUT2D eigenvalue weighted by Gasteiger charge is 2.58. The first kappa shape index (κ1) is 21.4. The van der Waals surface area contributed by atoms with E-state index in [0.29, 0.717) is 54.4 Å². The average Bonchev–Trinajstić information content (AvgIpc) is 3.33. The minimum atomic E-state index is -3.87. The molecule has 33 heavy (non-hydrogen) atoms. The van der Waals surface area contributed by atoms with Crippen molar-refractivity contribution in [2.75, 3.05) is 13.1 Å². The predicted octanol–water partition coefficient (Wildman–Crippen LogP) is 3.95. The summed E-state index contributed by atoms with van der Waals surface area (Å²) < 4.78 is 55.5. The van der Waals surface area contributed by atoms with Gasteiger partial charge in [0.1, 0.15) is 20.6 Å². The maximum atomic E-state index is 14.5. The standard InChI is InChI=1S/C23H23F2N3O3S2/c1-14-6-7-17-19(32-21(26-17)23(25)8-9-23)20(29)28(14)15-10-22(11-15)12-27(13-22)33(30,31)18-5-3-2-4-16(18)24/h2-7,14-15H,8-13H2,1H3/t14-/m1/s1. The van der Waals surface area contributed by atoms with Crippen molar-refractivity contribution >= 4 is 33.3 Å². The average molecular weight is 492 g/mol. The fourth-order valence-corrected chi connectivity index (χ4v) is 8.16. The normalized spacial score (nSPS) is 26.0. The summed E-state index contributed by atoms with van der Waals surface area (Å²) in [6.45, 7) is 2.60. The third-order valence-corrected chi connectivity index (χ3v) is 10.4. The highest BCUT2D eigenvalue weighted by Crippen LogP contribution is 2.54. The number of aromatic nitrogens is 1. The molecule has 3 fully saturated rings. The number of benzene rings is 1. The van der Waals surface area contributed by atoms with Crippen LogP contribution in [0.5, 0.6) is 0 Å². The van der Waals surface area contributed by atoms with Gasteiger partial charge in [0, 0.05) is 30.6 Å². The third-order valence-electron chi connectivity index (χ3n) is 7.33. The Balaban J connectivity index is 1.16. The van der Waals surface area contributed by atoms with Crippen LogP contribution in [-0.2, 0) is 15.7 Å². The van der Waals surface area contributed by atoms with Crippen molar-refractivity contribution in [3.63, 3.8) is 0 Å². The van der Waals surface area contributed by atoms with Crippen molar-refractivity contribution in [1.29, 1.82) is 0 Å². The van der Waals surface area contributed by atoms with Gasteiger partial charge < -0.3 is 4.90 Å². The summed E-state index contributed by atoms with van der Waals surface area (Å²) in [5, 5.41) is 0.387. The van der Waals surface area contributed by atoms with E-state index in [1.165, 1.54) is 22.5 Å². The molecule has 0 N–H and O–H groups in total. The summed E-state index contributed by atoms with van der Waals surface area (Å²) in [4.78, 5) is 19.8. The number of hydrogen-bond donors (Lipinski definition) is 0. The van der Waals surface area contributed by atoms with Crippen molar-refractivity contribution in [1.82, 2.24) is 14.2 Å². The second-order valence-electron chi connectivity index (χ2n) is 9.78. The van der Waals surface area contributed by atoms with Crippen LogP contribution in [0.4, 0.5) is 8.78 Å². The molecule has 2 aliphatic carbocycles. The van der Waals surface area contributed by atoms with Crippen molar-refractivity contribution in [2.24, 2.45) is 5.41 Å². The number of nitrogens with zero attached hydrogens (tertiary/aromatic N) is 3. The zero-order chi connectivity index (χ0) is 23.2. The number of carbonyl (C=O) groups is 1. The van der Waals surface area contributed by atoms with Gasteiger partial charge in [0.2, 0.25) is 10.0 Å². The van der Waals surface area contributed by atoms with Crippen molar-refractivity contribution in [3.8, 4) is 0 Å². The molecule has 1 aromatic carbocycles. The van der Waals surface area contributed by atoms with Crippen LogP contribution in [0.15, 0.2) is 35.2 Å². The Labute approximate surface area is 195 Å². The fourth-order valence-electron chi connectivity index (χ4n) is 5.30. The van der Waals surface area contributed by atoms with Crippen molar-refractivity contribution in [2.45, 2.75) is 55.3 Å². The Kier molecular flexibility index (Phi) is 4.49. The van der Waals surface area contributed by atoms with E-state index < -0.39 is 21.5 Å². The van der Waals surface area contributed by atoms with Crippen molar-refractivity contribution < 1.29 is 22.0 Å². The maximum absolute atomic E-state index is 14.5. The molecule has 1 spiro atoms. The molecule has 1 atom stereocenters. The lowest BCUT2D eigenvalue weighted by Crippen LogP contribution is -2.68. The fraction of sp³-hybridized carbons (Fsp3) is 0.478. The highest BCUT2D eigenvalue weighted by molar-refractivity contribution is 7.89. The summed E-state index contributed by atoms with van der Waals surface area (Å²) in [6, 6.07) is 5.25. The summed E-state index contributed by atoms with van der Waals surface area (Å²) in [5.74, 6) is -0.882. The minimum Gasteiger partial charge on any atom is -0.329 e. The molecule has 1 amide bonds. The van der Waals surface area contributed by atoms with E-state index in [1.54, 1.807) is 0 Å². The SMILES string of the molecule is C[C@@H]1C=Cc2nc(C3(F)CC3)sc2C(=O)N1C1CC2(C1)CN(S(=O)(=O)c1ccccc1F)C2. The van der Waals surface area contributed by atoms with Gasteiger partial charge in [0.05, 0.1) is 5.69 Å². The van der Waals surface area contributed by atoms with E-state index in [2.05, 4.69) is 4.98 Å². The van der Waals surface area contributed by atoms with E-state index in [-0.39, 0.29) is 28.3 Å². The first-order valence-corrected chi connectivity index (χ1v) is 13.3. The van der Waals surface area contributed by atoms with Crippen LogP contribution < -0.4 is 0 Å². The predicted molar refractivity (Wildman–Crippen MR) is 119 cm³/mol. The number of hydrogen-bond acceptors (Lipinski definition) is 5. The number of rotatable bonds is 4. The monoisotopic (exact) mass is 491 g/mol. The molecule has 3 heterocycles. The van der Waals surface area contributed by atoms with E-state index in [0.717, 1.165) is 17.4 Å². The molecule has 6 nitrogen and oxygen atoms in total. The van der Waals surface area contributed by atoms with E-state index >= 15 is 0 Å². The molecule has 2 aromatic rings. The Morgan fingerprint density at radius 2 is 1.88 bits per heavy atom. The molecule has 2 saturated carbocycles. The molecule has 6 rings (SSSR count). The van der Waals surface area contributed by atoms with Gasteiger partial charge in [-0.25, -0.2) is 22.2 Å². The van der Waals surface area contributed by atoms with Gasteiger partial charge in [-0.3, -0.25) is 4.79 Å². The molecule has 1 aromatic heterocycles. The van der Waals surface area contributed by atoms with Gasteiger partial charge in [-0.1, -0.05) is 18.2 Å². The van der Waals surface area contributed by atoms with Gasteiger partial charge in [0.15, 0.2) is 5.67 Å². The number of amides is 1. The number of halogens is 2. The Hall–Kier alpha value is -2.17. The van der Waals surface area contributed by atoms with E-state index in [9.17, 15) is 22.0 Å². The lowest BCUT2D eigenvalue weighted by Gasteiger charge is -2.60. The molecular weight excluding hydrogens is 468 g/mol. The topological polar surface area (TPSA) is 70.6 Å². The van der Waals surface area contributed by atoms with E-state index in [4.69, 9.17) is 0 Å². The zero-order valence-electron chi connectivity index (χ0n) is 18.0. The molecule has 0 unspecified atom stereocenters. The Morgan fingerprint density at radius 3 is 2.55 bits per heavy atom. The van der Waals surface area contributed by atoms with Crippen LogP contribution in [0, 0.1) is 11.2 Å². The quantitative estimate of drug-likeness (QED) is 0.650. The first-order chi connectivity index (χ1) is 15.6. The maximum Gasteiger partial charge on any atom is 0.266 e. The van der Waals surface area contributed by atoms with Gasteiger partial charge in [0.25, 0.3) is 5.91 Å². The number of sulfonamides is 1. The van der Waals surface area contributed by atoms with Gasteiger partial charge in [-0.05, 0) is 50.8 Å². The summed E-state index contributed by atoms with van der Waals surface area (Å²) in [5.41, 5.74) is -1.02. The largest absolute Gasteiger partial charge is 0.329 e. The molecule has 2 aliphatic heterocycles. The lowest BCUT2D eigenvalue weighted by atomic mass is 9.61. The number of thiazole rings is 1. The van der Waals surface area contributed by atoms with Crippen LogP contribution in [0.2, 0.25) is 0 Å². The van der Waals surface area contributed by atoms with E-state index in [1.807, 2.05) is 24.0 Å². The van der Waals surface area contributed by atoms with Crippen LogP contribution in [0.25, 0.3) is 6.08 Å². The van der Waals surface area contributed by atoms with Crippen LogP contribution in [-0.4, -0.2) is 53.7 Å². The number of fused-ring (bicyclic) bond motifs is 1. The van der Waals surface area contributed by atoms with Crippen LogP contribution in [0.3, 0.4) is 0 Å². The molecule has 0 radical (unpaired) electrons. The van der Waals surface area contributed by atoms with Gasteiger partial charge in [-0.2, -0.15) is 4.31 Å². The first-order valence-electron chi connectivity index (χ1n) is 11.1. The molecule has 10 heteroatoms. The second-order valence-corrected chi connectivity index (χ2v) is 12.7. The lowest BCUT2D eigenvalue weighted by molar-refractivity contribution is -0.0703. The van der Waals surface area contributed by atoms with Gasteiger partial charge >= 0.3 is 0 Å². The number of alkyl halides is 1. The molecule has 4 aliphatic rings. The third kappa shape index (κ3) is 3.21. The van der Waals surface area contributed by atoms with Crippen LogP contribution >= 0.6 is 11.3 Å². The minimum absolute atomic E-state index is 0.0211. The van der Waals surface area contributed by atoms with Gasteiger partial charge in [-0.15, -0.1) is 11.3 Å². The Morgan fingerprint density at radius 1 is 1.18 bits per heavy atom. The Bertz CT molecular complexity index is 1290.